The molecule has 0 aliphatic carbocycles. The van der Waals surface area contributed by atoms with E-state index in [1.807, 2.05) is 30.3 Å². The first kappa shape index (κ1) is 16.9. The molecule has 3 aromatic rings. The van der Waals surface area contributed by atoms with Gasteiger partial charge in [0.1, 0.15) is 11.6 Å². The highest BCUT2D eigenvalue weighted by Gasteiger charge is 2.19. The number of nitrogens with zero attached hydrogens (tertiary/aromatic N) is 1. The van der Waals surface area contributed by atoms with Crippen LogP contribution in [0.3, 0.4) is 0 Å². The predicted octanol–water partition coefficient (Wildman–Crippen LogP) is 2.62. The summed E-state index contributed by atoms with van der Waals surface area (Å²) < 4.78 is 20.2. The van der Waals surface area contributed by atoms with Gasteiger partial charge < -0.3 is 10.2 Å². The third-order valence-corrected chi connectivity index (χ3v) is 4.02. The third-order valence-electron chi connectivity index (χ3n) is 4.02. The van der Waals surface area contributed by atoms with Gasteiger partial charge in [-0.05, 0) is 18.6 Å². The van der Waals surface area contributed by atoms with Gasteiger partial charge in [-0.25, -0.2) is 13.8 Å². The van der Waals surface area contributed by atoms with Crippen LogP contribution >= 0.6 is 0 Å². The number of halogens is 1. The molecule has 1 atom stereocenters. The third kappa shape index (κ3) is 3.29. The molecule has 128 valence electrons. The first-order valence-corrected chi connectivity index (χ1v) is 7.79. The number of aromatic nitrogens is 1. The zero-order valence-electron chi connectivity index (χ0n) is 13.6. The second-order valence-electron chi connectivity index (χ2n) is 5.71. The number of nitrogens with two attached hydrogens (primary N) is 1. The molecule has 1 heterocycles. The minimum absolute atomic E-state index is 0.0259. The molecule has 0 bridgehead atoms. The zero-order chi connectivity index (χ0) is 18.0. The van der Waals surface area contributed by atoms with E-state index in [1.165, 1.54) is 25.1 Å². The Hall–Kier alpha value is -2.99. The SMILES string of the molecule is Cc1oc(=O)n(C[C@H](N)c2ccccc2)c(=O)c1-c1ccccc1F. The summed E-state index contributed by atoms with van der Waals surface area (Å²) in [6, 6.07) is 14.4. The number of benzene rings is 2. The second kappa shape index (κ2) is 6.86. The first-order chi connectivity index (χ1) is 12.0. The number of aryl methyl sites for hydroxylation is 1. The van der Waals surface area contributed by atoms with E-state index in [4.69, 9.17) is 10.2 Å². The molecule has 5 nitrogen and oxygen atoms in total. The highest BCUT2D eigenvalue weighted by atomic mass is 19.1. The molecule has 0 aliphatic rings. The lowest BCUT2D eigenvalue weighted by atomic mass is 10.1. The van der Waals surface area contributed by atoms with Crippen molar-refractivity contribution in [3.8, 4) is 11.1 Å². The Morgan fingerprint density at radius 1 is 1.08 bits per heavy atom. The highest BCUT2D eigenvalue weighted by Crippen LogP contribution is 2.22. The number of hydrogen-bond donors (Lipinski definition) is 1. The lowest BCUT2D eigenvalue weighted by Crippen LogP contribution is -2.37. The maximum absolute atomic E-state index is 14.1. The molecule has 3 rings (SSSR count). The van der Waals surface area contributed by atoms with Crippen LogP contribution < -0.4 is 17.0 Å². The standard InChI is InChI=1S/C19H17FN2O3/c1-12-17(14-9-5-6-10-15(14)20)18(23)22(19(24)25-12)11-16(21)13-7-3-2-4-8-13/h2-10,16H,11,21H2,1H3/t16-/m0/s1. The second-order valence-corrected chi connectivity index (χ2v) is 5.71. The molecular weight excluding hydrogens is 323 g/mol. The van der Waals surface area contributed by atoms with Gasteiger partial charge in [-0.1, -0.05) is 48.5 Å². The summed E-state index contributed by atoms with van der Waals surface area (Å²) in [7, 11) is 0. The average Bonchev–Trinajstić information content (AvgIpc) is 2.60. The normalized spacial score (nSPS) is 12.1. The minimum Gasteiger partial charge on any atom is -0.414 e. The lowest BCUT2D eigenvalue weighted by Gasteiger charge is -2.14. The van der Waals surface area contributed by atoms with E-state index >= 15 is 0 Å². The molecule has 6 heteroatoms. The molecule has 25 heavy (non-hydrogen) atoms. The summed E-state index contributed by atoms with van der Waals surface area (Å²) in [6.45, 7) is 1.40. The van der Waals surface area contributed by atoms with Crippen molar-refractivity contribution in [3.63, 3.8) is 0 Å². The van der Waals surface area contributed by atoms with Crippen LogP contribution in [0.5, 0.6) is 0 Å². The van der Waals surface area contributed by atoms with E-state index < -0.39 is 23.2 Å². The molecule has 0 saturated heterocycles. The Morgan fingerprint density at radius 3 is 2.40 bits per heavy atom. The van der Waals surface area contributed by atoms with Crippen molar-refractivity contribution >= 4 is 0 Å². The molecule has 0 amide bonds. The first-order valence-electron chi connectivity index (χ1n) is 7.79. The van der Waals surface area contributed by atoms with E-state index in [0.29, 0.717) is 0 Å². The Labute approximate surface area is 143 Å². The monoisotopic (exact) mass is 340 g/mol. The van der Waals surface area contributed by atoms with Crippen LogP contribution in [0.2, 0.25) is 0 Å². The van der Waals surface area contributed by atoms with Gasteiger partial charge in [0.05, 0.1) is 12.1 Å². The van der Waals surface area contributed by atoms with Crippen molar-refractivity contribution in [1.82, 2.24) is 4.57 Å². The summed E-state index contributed by atoms with van der Waals surface area (Å²) in [5.74, 6) is -1.30. The van der Waals surface area contributed by atoms with Crippen LogP contribution in [0, 0.1) is 12.7 Å². The maximum Gasteiger partial charge on any atom is 0.422 e. The van der Waals surface area contributed by atoms with Crippen LogP contribution in [-0.2, 0) is 6.54 Å². The van der Waals surface area contributed by atoms with Gasteiger partial charge in [-0.15, -0.1) is 0 Å². The summed E-state index contributed by atoms with van der Waals surface area (Å²) in [5, 5.41) is 0. The molecule has 0 aliphatic heterocycles. The van der Waals surface area contributed by atoms with Crippen LogP contribution in [-0.4, -0.2) is 4.57 Å². The van der Waals surface area contributed by atoms with Gasteiger partial charge in [-0.3, -0.25) is 4.79 Å². The van der Waals surface area contributed by atoms with Crippen LogP contribution in [0.4, 0.5) is 4.39 Å². The average molecular weight is 340 g/mol. The minimum atomic E-state index is -0.811. The van der Waals surface area contributed by atoms with Crippen LogP contribution in [0.15, 0.2) is 68.6 Å². The Kier molecular flexibility index (Phi) is 4.63. The van der Waals surface area contributed by atoms with Gasteiger partial charge in [-0.2, -0.15) is 0 Å². The van der Waals surface area contributed by atoms with Crippen molar-refractivity contribution in [2.75, 3.05) is 0 Å². The Balaban J connectivity index is 2.10. The molecule has 2 N–H and O–H groups in total. The van der Waals surface area contributed by atoms with Gasteiger partial charge in [0.15, 0.2) is 0 Å². The van der Waals surface area contributed by atoms with E-state index in [0.717, 1.165) is 10.1 Å². The van der Waals surface area contributed by atoms with Gasteiger partial charge >= 0.3 is 5.76 Å². The fourth-order valence-electron chi connectivity index (χ4n) is 2.73. The van der Waals surface area contributed by atoms with Crippen molar-refractivity contribution in [3.05, 3.63) is 92.6 Å². The van der Waals surface area contributed by atoms with E-state index in [2.05, 4.69) is 0 Å². The lowest BCUT2D eigenvalue weighted by molar-refractivity contribution is 0.387. The fourth-order valence-corrected chi connectivity index (χ4v) is 2.73. The quantitative estimate of drug-likeness (QED) is 0.792. The number of hydrogen-bond acceptors (Lipinski definition) is 4. The van der Waals surface area contributed by atoms with Gasteiger partial charge in [0.2, 0.25) is 0 Å². The summed E-state index contributed by atoms with van der Waals surface area (Å²) in [5.41, 5.74) is 6.39. The number of rotatable bonds is 4. The van der Waals surface area contributed by atoms with Crippen molar-refractivity contribution in [2.24, 2.45) is 5.73 Å². The van der Waals surface area contributed by atoms with E-state index in [1.54, 1.807) is 6.07 Å². The molecule has 0 fully saturated rings. The zero-order valence-corrected chi connectivity index (χ0v) is 13.6. The van der Waals surface area contributed by atoms with Crippen molar-refractivity contribution in [1.29, 1.82) is 0 Å². The van der Waals surface area contributed by atoms with E-state index in [9.17, 15) is 14.0 Å². The molecular formula is C19H17FN2O3. The van der Waals surface area contributed by atoms with Crippen molar-refractivity contribution < 1.29 is 8.81 Å². The molecule has 0 spiro atoms. The fraction of sp³-hybridized carbons (Fsp3) is 0.158. The molecule has 1 aromatic heterocycles. The van der Waals surface area contributed by atoms with Gasteiger partial charge in [0, 0.05) is 11.6 Å². The predicted molar refractivity (Wildman–Crippen MR) is 92.7 cm³/mol. The summed E-state index contributed by atoms with van der Waals surface area (Å²) >= 11 is 0. The van der Waals surface area contributed by atoms with E-state index in [-0.39, 0.29) is 23.4 Å². The van der Waals surface area contributed by atoms with Gasteiger partial charge in [0.25, 0.3) is 5.56 Å². The molecule has 0 saturated carbocycles. The summed E-state index contributed by atoms with van der Waals surface area (Å²) in [6.07, 6.45) is 0. The molecule has 2 aromatic carbocycles. The molecule has 0 radical (unpaired) electrons. The highest BCUT2D eigenvalue weighted by molar-refractivity contribution is 5.64. The Morgan fingerprint density at radius 2 is 1.72 bits per heavy atom. The van der Waals surface area contributed by atoms with Crippen molar-refractivity contribution in [2.45, 2.75) is 19.5 Å². The molecule has 0 unspecified atom stereocenters. The Bertz CT molecular complexity index is 1010. The van der Waals surface area contributed by atoms with Crippen LogP contribution in [0.25, 0.3) is 11.1 Å². The largest absolute Gasteiger partial charge is 0.422 e. The smallest absolute Gasteiger partial charge is 0.414 e. The topological polar surface area (TPSA) is 78.2 Å². The van der Waals surface area contributed by atoms with Crippen LogP contribution in [0.1, 0.15) is 17.4 Å². The summed E-state index contributed by atoms with van der Waals surface area (Å²) in [4.78, 5) is 25.0. The maximum atomic E-state index is 14.1.